The second-order valence-electron chi connectivity index (χ2n) is 9.03. The van der Waals surface area contributed by atoms with Crippen molar-refractivity contribution in [1.82, 2.24) is 4.98 Å². The van der Waals surface area contributed by atoms with Gasteiger partial charge in [-0.1, -0.05) is 55.3 Å². The van der Waals surface area contributed by atoms with Crippen LogP contribution in [-0.4, -0.2) is 10.9 Å². The van der Waals surface area contributed by atoms with Crippen molar-refractivity contribution in [2.24, 2.45) is 5.92 Å². The Bertz CT molecular complexity index is 962. The number of pyridine rings is 1. The van der Waals surface area contributed by atoms with Crippen LogP contribution in [-0.2, 0) is 11.2 Å². The summed E-state index contributed by atoms with van der Waals surface area (Å²) in [5.41, 5.74) is 2.65. The van der Waals surface area contributed by atoms with E-state index in [1.165, 1.54) is 32.1 Å². The molecule has 32 heavy (non-hydrogen) atoms. The van der Waals surface area contributed by atoms with Crippen LogP contribution >= 0.6 is 23.2 Å². The summed E-state index contributed by atoms with van der Waals surface area (Å²) in [6.45, 7) is 0. The number of anilines is 2. The monoisotopic (exact) mass is 477 g/mol. The standard InChI is InChI=1S/C25H30Cl2FN3O/c26-19-13-12-18(15-20(19)27)29-21-10-5-9-17-14-22(25(28)31-24(17)21)30-23(32)11-4-8-16-6-2-1-3-7-16/h12-16,21,29H,1-11H2,(H,30,32). The highest BCUT2D eigenvalue weighted by Crippen LogP contribution is 2.35. The molecule has 1 atom stereocenters. The van der Waals surface area contributed by atoms with Crippen molar-refractivity contribution < 1.29 is 9.18 Å². The van der Waals surface area contributed by atoms with E-state index in [4.69, 9.17) is 23.2 Å². The predicted molar refractivity (Wildman–Crippen MR) is 129 cm³/mol. The first-order valence-electron chi connectivity index (χ1n) is 11.7. The number of halogens is 3. The third kappa shape index (κ3) is 5.93. The molecule has 1 heterocycles. The molecule has 4 rings (SSSR count). The zero-order valence-corrected chi connectivity index (χ0v) is 19.7. The van der Waals surface area contributed by atoms with E-state index in [0.29, 0.717) is 22.2 Å². The third-order valence-corrected chi connectivity index (χ3v) is 7.37. The number of rotatable bonds is 7. The summed E-state index contributed by atoms with van der Waals surface area (Å²) < 4.78 is 14.8. The fraction of sp³-hybridized carbons (Fsp3) is 0.520. The summed E-state index contributed by atoms with van der Waals surface area (Å²) in [5, 5.41) is 7.10. The molecule has 4 nitrogen and oxygen atoms in total. The van der Waals surface area contributed by atoms with Gasteiger partial charge in [-0.3, -0.25) is 4.79 Å². The first kappa shape index (κ1) is 23.3. The lowest BCUT2D eigenvalue weighted by Crippen LogP contribution is -2.21. The fourth-order valence-electron chi connectivity index (χ4n) is 4.94. The summed E-state index contributed by atoms with van der Waals surface area (Å²) in [6.07, 6.45) is 11.5. The first-order valence-corrected chi connectivity index (χ1v) is 12.5. The van der Waals surface area contributed by atoms with Gasteiger partial charge in [0.2, 0.25) is 11.9 Å². The molecule has 1 aromatic carbocycles. The molecule has 0 spiro atoms. The number of carbonyl (C=O) groups excluding carboxylic acids is 1. The zero-order chi connectivity index (χ0) is 22.5. The third-order valence-electron chi connectivity index (χ3n) is 6.63. The van der Waals surface area contributed by atoms with E-state index in [-0.39, 0.29) is 17.6 Å². The van der Waals surface area contributed by atoms with Crippen molar-refractivity contribution >= 4 is 40.5 Å². The summed E-state index contributed by atoms with van der Waals surface area (Å²) in [7, 11) is 0. The summed E-state index contributed by atoms with van der Waals surface area (Å²) in [5.74, 6) is -0.0198. The molecule has 1 amide bonds. The molecule has 2 aliphatic carbocycles. The van der Waals surface area contributed by atoms with Gasteiger partial charge < -0.3 is 10.6 Å². The van der Waals surface area contributed by atoms with Gasteiger partial charge in [-0.05, 0) is 67.9 Å². The quantitative estimate of drug-likeness (QED) is 0.401. The molecule has 2 aliphatic rings. The minimum absolute atomic E-state index is 0.120. The van der Waals surface area contributed by atoms with Crippen molar-refractivity contribution in [2.75, 3.05) is 10.6 Å². The van der Waals surface area contributed by atoms with Gasteiger partial charge >= 0.3 is 0 Å². The fourth-order valence-corrected chi connectivity index (χ4v) is 5.23. The average molecular weight is 478 g/mol. The Morgan fingerprint density at radius 1 is 1.06 bits per heavy atom. The van der Waals surface area contributed by atoms with Gasteiger partial charge in [0.15, 0.2) is 0 Å². The van der Waals surface area contributed by atoms with E-state index < -0.39 is 5.95 Å². The number of benzene rings is 1. The summed E-state index contributed by atoms with van der Waals surface area (Å²) >= 11 is 12.1. The lowest BCUT2D eigenvalue weighted by molar-refractivity contribution is -0.116. The van der Waals surface area contributed by atoms with Gasteiger partial charge in [-0.25, -0.2) is 4.98 Å². The maximum Gasteiger partial charge on any atom is 0.236 e. The van der Waals surface area contributed by atoms with Crippen LogP contribution < -0.4 is 10.6 Å². The van der Waals surface area contributed by atoms with Gasteiger partial charge in [0.05, 0.1) is 27.5 Å². The van der Waals surface area contributed by atoms with E-state index in [1.54, 1.807) is 18.2 Å². The van der Waals surface area contributed by atoms with Crippen LogP contribution in [0.2, 0.25) is 10.0 Å². The van der Waals surface area contributed by atoms with Crippen LogP contribution in [0.5, 0.6) is 0 Å². The Labute approximate surface area is 199 Å². The van der Waals surface area contributed by atoms with Crippen LogP contribution in [0, 0.1) is 11.9 Å². The van der Waals surface area contributed by atoms with Crippen molar-refractivity contribution in [3.8, 4) is 0 Å². The number of nitrogens with one attached hydrogen (secondary N) is 2. The SMILES string of the molecule is O=C(CCCC1CCCCC1)Nc1cc2c(nc1F)C(Nc1ccc(Cl)c(Cl)c1)CCC2. The van der Waals surface area contributed by atoms with Crippen molar-refractivity contribution in [1.29, 1.82) is 0 Å². The minimum Gasteiger partial charge on any atom is -0.377 e. The number of carbonyl (C=O) groups is 1. The minimum atomic E-state index is -0.632. The summed E-state index contributed by atoms with van der Waals surface area (Å²) in [6, 6.07) is 6.97. The molecule has 0 aliphatic heterocycles. The molecule has 1 aromatic heterocycles. The molecule has 0 bridgehead atoms. The lowest BCUT2D eigenvalue weighted by Gasteiger charge is -2.27. The van der Waals surface area contributed by atoms with Gasteiger partial charge in [0.1, 0.15) is 0 Å². The lowest BCUT2D eigenvalue weighted by atomic mass is 9.86. The molecule has 1 fully saturated rings. The molecule has 0 saturated heterocycles. The second kappa shape index (κ2) is 10.8. The summed E-state index contributed by atoms with van der Waals surface area (Å²) in [4.78, 5) is 16.6. The second-order valence-corrected chi connectivity index (χ2v) is 9.85. The Balaban J connectivity index is 1.38. The first-order chi connectivity index (χ1) is 15.5. The average Bonchev–Trinajstić information content (AvgIpc) is 2.78. The van der Waals surface area contributed by atoms with Crippen LogP contribution in [0.15, 0.2) is 24.3 Å². The maximum atomic E-state index is 14.8. The van der Waals surface area contributed by atoms with Gasteiger partial charge in [0, 0.05) is 12.1 Å². The van der Waals surface area contributed by atoms with Crippen molar-refractivity contribution in [3.63, 3.8) is 0 Å². The molecule has 1 saturated carbocycles. The molecule has 1 unspecified atom stereocenters. The topological polar surface area (TPSA) is 54.0 Å². The van der Waals surface area contributed by atoms with Crippen molar-refractivity contribution in [2.45, 2.75) is 76.7 Å². The van der Waals surface area contributed by atoms with Gasteiger partial charge in [-0.15, -0.1) is 0 Å². The molecule has 7 heteroatoms. The zero-order valence-electron chi connectivity index (χ0n) is 18.2. The van der Waals surface area contributed by atoms with E-state index in [2.05, 4.69) is 15.6 Å². The Morgan fingerprint density at radius 2 is 1.88 bits per heavy atom. The molecule has 0 radical (unpaired) electrons. The van der Waals surface area contributed by atoms with E-state index in [1.807, 2.05) is 6.07 Å². The smallest absolute Gasteiger partial charge is 0.236 e. The molecule has 2 aromatic rings. The van der Waals surface area contributed by atoms with Crippen LogP contribution in [0.25, 0.3) is 0 Å². The molecular formula is C25H30Cl2FN3O. The highest BCUT2D eigenvalue weighted by molar-refractivity contribution is 6.42. The maximum absolute atomic E-state index is 14.8. The highest BCUT2D eigenvalue weighted by Gasteiger charge is 2.25. The van der Waals surface area contributed by atoms with Crippen LogP contribution in [0.1, 0.15) is 81.5 Å². The van der Waals surface area contributed by atoms with E-state index in [9.17, 15) is 9.18 Å². The predicted octanol–water partition coefficient (Wildman–Crippen LogP) is 7.71. The van der Waals surface area contributed by atoms with Gasteiger partial charge in [0.25, 0.3) is 0 Å². The number of aryl methyl sites for hydroxylation is 1. The number of hydrogen-bond acceptors (Lipinski definition) is 3. The Hall–Kier alpha value is -1.85. The number of fused-ring (bicyclic) bond motifs is 1. The normalized spacial score (nSPS) is 18.8. The van der Waals surface area contributed by atoms with E-state index >= 15 is 0 Å². The van der Waals surface area contributed by atoms with Crippen molar-refractivity contribution in [3.05, 3.63) is 51.5 Å². The van der Waals surface area contributed by atoms with Crippen LogP contribution in [0.3, 0.4) is 0 Å². The Kier molecular flexibility index (Phi) is 7.90. The molecule has 172 valence electrons. The van der Waals surface area contributed by atoms with E-state index in [0.717, 1.165) is 49.3 Å². The number of aromatic nitrogens is 1. The number of amides is 1. The van der Waals surface area contributed by atoms with Gasteiger partial charge in [-0.2, -0.15) is 4.39 Å². The molecule has 2 N–H and O–H groups in total. The Morgan fingerprint density at radius 3 is 2.66 bits per heavy atom. The van der Waals surface area contributed by atoms with Crippen LogP contribution in [0.4, 0.5) is 15.8 Å². The largest absolute Gasteiger partial charge is 0.377 e. The number of nitrogens with zero attached hydrogens (tertiary/aromatic N) is 1. The number of hydrogen-bond donors (Lipinski definition) is 2. The molecular weight excluding hydrogens is 448 g/mol. The highest BCUT2D eigenvalue weighted by atomic mass is 35.5.